The first kappa shape index (κ1) is 13.7. The van der Waals surface area contributed by atoms with Crippen LogP contribution in [0.15, 0.2) is 12.4 Å². The van der Waals surface area contributed by atoms with E-state index in [4.69, 9.17) is 0 Å². The third kappa shape index (κ3) is 4.56. The normalized spacial score (nSPS) is 12.8. The molecule has 0 radical (unpaired) electrons. The average molecular weight is 238 g/mol. The van der Waals surface area contributed by atoms with Gasteiger partial charge in [-0.15, -0.1) is 0 Å². The molecule has 1 unspecified atom stereocenters. The quantitative estimate of drug-likeness (QED) is 0.766. The van der Waals surface area contributed by atoms with Crippen molar-refractivity contribution in [1.82, 2.24) is 20.4 Å². The molecule has 1 heterocycles. The first-order chi connectivity index (χ1) is 8.02. The van der Waals surface area contributed by atoms with E-state index in [1.54, 1.807) is 10.9 Å². The SMILES string of the molecule is CNC(CC(C)C)C(=O)NCc1cnn(C)c1. The second kappa shape index (κ2) is 6.39. The monoisotopic (exact) mass is 238 g/mol. The van der Waals surface area contributed by atoms with Crippen LogP contribution in [0, 0.1) is 5.92 Å². The highest BCUT2D eigenvalue weighted by molar-refractivity contribution is 5.81. The summed E-state index contributed by atoms with van der Waals surface area (Å²) in [6.07, 6.45) is 4.50. The average Bonchev–Trinajstić information content (AvgIpc) is 2.68. The van der Waals surface area contributed by atoms with Crippen LogP contribution in [-0.2, 0) is 18.4 Å². The lowest BCUT2D eigenvalue weighted by atomic mass is 10.0. The van der Waals surface area contributed by atoms with Crippen molar-refractivity contribution in [3.63, 3.8) is 0 Å². The lowest BCUT2D eigenvalue weighted by Gasteiger charge is -2.17. The Balaban J connectivity index is 2.42. The van der Waals surface area contributed by atoms with Crippen LogP contribution in [0.1, 0.15) is 25.8 Å². The number of aromatic nitrogens is 2. The van der Waals surface area contributed by atoms with Crippen molar-refractivity contribution in [3.8, 4) is 0 Å². The van der Waals surface area contributed by atoms with E-state index in [2.05, 4.69) is 29.6 Å². The zero-order chi connectivity index (χ0) is 12.8. The van der Waals surface area contributed by atoms with E-state index in [-0.39, 0.29) is 11.9 Å². The van der Waals surface area contributed by atoms with Gasteiger partial charge in [0.2, 0.25) is 5.91 Å². The molecule has 5 heteroatoms. The highest BCUT2D eigenvalue weighted by Gasteiger charge is 2.17. The number of carbonyl (C=O) groups is 1. The lowest BCUT2D eigenvalue weighted by molar-refractivity contribution is -0.123. The minimum atomic E-state index is -0.119. The molecule has 1 atom stereocenters. The second-order valence-corrected chi connectivity index (χ2v) is 4.71. The van der Waals surface area contributed by atoms with Gasteiger partial charge in [0.15, 0.2) is 0 Å². The highest BCUT2D eigenvalue weighted by Crippen LogP contribution is 2.05. The van der Waals surface area contributed by atoms with E-state index in [1.807, 2.05) is 20.3 Å². The second-order valence-electron chi connectivity index (χ2n) is 4.71. The molecule has 0 bridgehead atoms. The predicted octanol–water partition coefficient (Wildman–Crippen LogP) is 0.670. The number of amides is 1. The summed E-state index contributed by atoms with van der Waals surface area (Å²) in [4.78, 5) is 11.9. The zero-order valence-electron chi connectivity index (χ0n) is 11.0. The smallest absolute Gasteiger partial charge is 0.237 e. The topological polar surface area (TPSA) is 59.0 Å². The van der Waals surface area contributed by atoms with Crippen LogP contribution in [-0.4, -0.2) is 28.8 Å². The summed E-state index contributed by atoms with van der Waals surface area (Å²) in [6, 6.07) is -0.119. The van der Waals surface area contributed by atoms with Crippen molar-refractivity contribution >= 4 is 5.91 Å². The van der Waals surface area contributed by atoms with Crippen molar-refractivity contribution in [3.05, 3.63) is 18.0 Å². The zero-order valence-corrected chi connectivity index (χ0v) is 11.0. The van der Waals surface area contributed by atoms with Crippen molar-refractivity contribution in [2.75, 3.05) is 7.05 Å². The largest absolute Gasteiger partial charge is 0.351 e. The number of rotatable bonds is 6. The molecule has 0 aliphatic rings. The Labute approximate surface area is 103 Å². The van der Waals surface area contributed by atoms with E-state index < -0.39 is 0 Å². The van der Waals surface area contributed by atoms with E-state index >= 15 is 0 Å². The maximum Gasteiger partial charge on any atom is 0.237 e. The van der Waals surface area contributed by atoms with Crippen molar-refractivity contribution in [2.45, 2.75) is 32.9 Å². The molecule has 0 saturated carbocycles. The summed E-state index contributed by atoms with van der Waals surface area (Å²) in [5.74, 6) is 0.543. The fraction of sp³-hybridized carbons (Fsp3) is 0.667. The maximum absolute atomic E-state index is 11.9. The van der Waals surface area contributed by atoms with Gasteiger partial charge in [-0.3, -0.25) is 9.48 Å². The number of nitrogens with one attached hydrogen (secondary N) is 2. The number of hydrogen-bond acceptors (Lipinski definition) is 3. The molecule has 0 aliphatic carbocycles. The minimum absolute atomic E-state index is 0.0463. The van der Waals surface area contributed by atoms with Crippen molar-refractivity contribution < 1.29 is 4.79 Å². The molecule has 0 aromatic carbocycles. The Hall–Kier alpha value is -1.36. The van der Waals surface area contributed by atoms with Gasteiger partial charge in [-0.2, -0.15) is 5.10 Å². The third-order valence-corrected chi connectivity index (χ3v) is 2.60. The van der Waals surface area contributed by atoms with Gasteiger partial charge in [-0.1, -0.05) is 13.8 Å². The Bertz CT molecular complexity index is 359. The molecule has 2 N–H and O–H groups in total. The highest BCUT2D eigenvalue weighted by atomic mass is 16.2. The Kier molecular flexibility index (Phi) is 5.15. The van der Waals surface area contributed by atoms with Crippen LogP contribution < -0.4 is 10.6 Å². The molecular weight excluding hydrogens is 216 g/mol. The third-order valence-electron chi connectivity index (χ3n) is 2.60. The van der Waals surface area contributed by atoms with Gasteiger partial charge in [0.05, 0.1) is 12.2 Å². The number of carbonyl (C=O) groups excluding carboxylic acids is 1. The molecule has 96 valence electrons. The van der Waals surface area contributed by atoms with Crippen molar-refractivity contribution in [1.29, 1.82) is 0 Å². The van der Waals surface area contributed by atoms with Gasteiger partial charge in [-0.25, -0.2) is 0 Å². The number of hydrogen-bond donors (Lipinski definition) is 2. The van der Waals surface area contributed by atoms with E-state index in [0.717, 1.165) is 12.0 Å². The first-order valence-electron chi connectivity index (χ1n) is 5.95. The van der Waals surface area contributed by atoms with Gasteiger partial charge in [0.1, 0.15) is 0 Å². The first-order valence-corrected chi connectivity index (χ1v) is 5.95. The van der Waals surface area contributed by atoms with Gasteiger partial charge in [0.25, 0.3) is 0 Å². The molecule has 0 spiro atoms. The molecule has 0 aliphatic heterocycles. The number of likely N-dealkylation sites (N-methyl/N-ethyl adjacent to an activating group) is 1. The molecule has 5 nitrogen and oxygen atoms in total. The Morgan fingerprint density at radius 3 is 2.71 bits per heavy atom. The van der Waals surface area contributed by atoms with Crippen LogP contribution in [0.4, 0.5) is 0 Å². The number of nitrogens with zero attached hydrogens (tertiary/aromatic N) is 2. The molecule has 0 saturated heterocycles. The van der Waals surface area contributed by atoms with E-state index in [9.17, 15) is 4.79 Å². The Morgan fingerprint density at radius 2 is 2.24 bits per heavy atom. The molecule has 0 fully saturated rings. The summed E-state index contributed by atoms with van der Waals surface area (Å²) in [5, 5.41) is 10.0. The molecule has 1 aromatic heterocycles. The van der Waals surface area contributed by atoms with Crippen LogP contribution in [0.2, 0.25) is 0 Å². The van der Waals surface area contributed by atoms with Gasteiger partial charge in [-0.05, 0) is 19.4 Å². The summed E-state index contributed by atoms with van der Waals surface area (Å²) >= 11 is 0. The summed E-state index contributed by atoms with van der Waals surface area (Å²) in [5.41, 5.74) is 1.01. The van der Waals surface area contributed by atoms with Gasteiger partial charge >= 0.3 is 0 Å². The molecular formula is C12H22N4O. The molecule has 1 rings (SSSR count). The van der Waals surface area contributed by atoms with Gasteiger partial charge < -0.3 is 10.6 Å². The van der Waals surface area contributed by atoms with Gasteiger partial charge in [0, 0.05) is 25.4 Å². The summed E-state index contributed by atoms with van der Waals surface area (Å²) < 4.78 is 1.73. The minimum Gasteiger partial charge on any atom is -0.351 e. The van der Waals surface area contributed by atoms with Crippen LogP contribution in [0.5, 0.6) is 0 Å². The lowest BCUT2D eigenvalue weighted by Crippen LogP contribution is -2.43. The van der Waals surface area contributed by atoms with E-state index in [1.165, 1.54) is 0 Å². The fourth-order valence-electron chi connectivity index (χ4n) is 1.70. The van der Waals surface area contributed by atoms with Crippen LogP contribution in [0.25, 0.3) is 0 Å². The maximum atomic E-state index is 11.9. The van der Waals surface area contributed by atoms with Crippen molar-refractivity contribution in [2.24, 2.45) is 13.0 Å². The Morgan fingerprint density at radius 1 is 1.53 bits per heavy atom. The molecule has 17 heavy (non-hydrogen) atoms. The molecule has 1 aromatic rings. The summed E-state index contributed by atoms with van der Waals surface area (Å²) in [7, 11) is 3.68. The fourth-order valence-corrected chi connectivity index (χ4v) is 1.70. The standard InChI is InChI=1S/C12H22N4O/c1-9(2)5-11(13-3)12(17)14-6-10-7-15-16(4)8-10/h7-9,11,13H,5-6H2,1-4H3,(H,14,17). The van der Waals surface area contributed by atoms with Crippen LogP contribution in [0.3, 0.4) is 0 Å². The molecule has 1 amide bonds. The number of aryl methyl sites for hydroxylation is 1. The van der Waals surface area contributed by atoms with Crippen LogP contribution >= 0.6 is 0 Å². The predicted molar refractivity (Wildman–Crippen MR) is 67.4 cm³/mol. The van der Waals surface area contributed by atoms with E-state index in [0.29, 0.717) is 12.5 Å². The summed E-state index contributed by atoms with van der Waals surface area (Å²) in [6.45, 7) is 4.75.